The number of carbonyl (C=O) groups is 2. The van der Waals surface area contributed by atoms with Crippen molar-refractivity contribution in [1.29, 1.82) is 0 Å². The SMILES string of the molecule is CNCCCN(C)C(=O)N1CCOC(C(=O)O)C1. The maximum absolute atomic E-state index is 12.0. The summed E-state index contributed by atoms with van der Waals surface area (Å²) in [6.07, 6.45) is -0.0424. The van der Waals surface area contributed by atoms with Crippen LogP contribution < -0.4 is 5.32 Å². The Morgan fingerprint density at radius 2 is 2.28 bits per heavy atom. The normalized spacial score (nSPS) is 19.7. The van der Waals surface area contributed by atoms with E-state index < -0.39 is 12.1 Å². The predicted molar refractivity (Wildman–Crippen MR) is 65.5 cm³/mol. The average molecular weight is 259 g/mol. The van der Waals surface area contributed by atoms with Crippen molar-refractivity contribution in [2.75, 3.05) is 46.9 Å². The number of nitrogens with zero attached hydrogens (tertiary/aromatic N) is 2. The number of hydrogen-bond acceptors (Lipinski definition) is 4. The van der Waals surface area contributed by atoms with Crippen molar-refractivity contribution in [3.05, 3.63) is 0 Å². The van der Waals surface area contributed by atoms with Crippen molar-refractivity contribution >= 4 is 12.0 Å². The predicted octanol–water partition coefficient (Wildman–Crippen LogP) is -0.567. The molecule has 0 radical (unpaired) electrons. The van der Waals surface area contributed by atoms with Gasteiger partial charge in [-0.2, -0.15) is 0 Å². The van der Waals surface area contributed by atoms with Crippen LogP contribution in [0.2, 0.25) is 0 Å². The zero-order valence-corrected chi connectivity index (χ0v) is 10.9. The first kappa shape index (κ1) is 14.7. The summed E-state index contributed by atoms with van der Waals surface area (Å²) in [6.45, 7) is 2.32. The molecule has 7 heteroatoms. The number of nitrogens with one attached hydrogen (secondary N) is 1. The van der Waals surface area contributed by atoms with Crippen LogP contribution in [0.4, 0.5) is 4.79 Å². The quantitative estimate of drug-likeness (QED) is 0.646. The highest BCUT2D eigenvalue weighted by Crippen LogP contribution is 2.08. The summed E-state index contributed by atoms with van der Waals surface area (Å²) < 4.78 is 5.08. The number of ether oxygens (including phenoxy) is 1. The van der Waals surface area contributed by atoms with Gasteiger partial charge in [0.15, 0.2) is 6.10 Å². The van der Waals surface area contributed by atoms with Crippen molar-refractivity contribution in [1.82, 2.24) is 15.1 Å². The van der Waals surface area contributed by atoms with Crippen LogP contribution in [0.3, 0.4) is 0 Å². The summed E-state index contributed by atoms with van der Waals surface area (Å²) in [5.74, 6) is -1.02. The average Bonchev–Trinajstić information content (AvgIpc) is 2.38. The molecule has 1 saturated heterocycles. The van der Waals surface area contributed by atoms with Crippen molar-refractivity contribution in [2.24, 2.45) is 0 Å². The number of aliphatic carboxylic acids is 1. The number of carboxylic acids is 1. The standard InChI is InChI=1S/C11H21N3O4/c1-12-4-3-5-13(2)11(17)14-6-7-18-9(8-14)10(15)16/h9,12H,3-8H2,1-2H3,(H,15,16). The van der Waals surface area contributed by atoms with Gasteiger partial charge in [0, 0.05) is 20.1 Å². The maximum atomic E-state index is 12.0. The van der Waals surface area contributed by atoms with Gasteiger partial charge in [0.2, 0.25) is 0 Å². The molecule has 1 rings (SSSR count). The van der Waals surface area contributed by atoms with Gasteiger partial charge >= 0.3 is 12.0 Å². The first-order valence-electron chi connectivity index (χ1n) is 6.05. The molecule has 1 fully saturated rings. The number of hydrogen-bond donors (Lipinski definition) is 2. The number of morpholine rings is 1. The Labute approximate surface area is 107 Å². The van der Waals surface area contributed by atoms with Gasteiger partial charge in [0.05, 0.1) is 13.2 Å². The van der Waals surface area contributed by atoms with E-state index in [0.717, 1.165) is 13.0 Å². The fourth-order valence-corrected chi connectivity index (χ4v) is 1.80. The van der Waals surface area contributed by atoms with Gasteiger partial charge in [-0.25, -0.2) is 9.59 Å². The van der Waals surface area contributed by atoms with Gasteiger partial charge in [-0.15, -0.1) is 0 Å². The minimum absolute atomic E-state index is 0.116. The van der Waals surface area contributed by atoms with Gasteiger partial charge in [-0.05, 0) is 20.0 Å². The summed E-state index contributed by atoms with van der Waals surface area (Å²) >= 11 is 0. The van der Waals surface area contributed by atoms with Crippen molar-refractivity contribution < 1.29 is 19.4 Å². The van der Waals surface area contributed by atoms with E-state index in [-0.39, 0.29) is 19.2 Å². The number of rotatable bonds is 5. The Kier molecular flexibility index (Phi) is 5.87. The van der Waals surface area contributed by atoms with Gasteiger partial charge in [0.1, 0.15) is 0 Å². The van der Waals surface area contributed by atoms with E-state index in [1.165, 1.54) is 4.90 Å². The maximum Gasteiger partial charge on any atom is 0.334 e. The van der Waals surface area contributed by atoms with Crippen LogP contribution in [0.25, 0.3) is 0 Å². The van der Waals surface area contributed by atoms with E-state index in [1.54, 1.807) is 11.9 Å². The highest BCUT2D eigenvalue weighted by molar-refractivity contribution is 5.77. The Bertz CT molecular complexity index is 298. The Balaban J connectivity index is 2.42. The fraction of sp³-hybridized carbons (Fsp3) is 0.818. The molecular weight excluding hydrogens is 238 g/mol. The molecule has 104 valence electrons. The monoisotopic (exact) mass is 259 g/mol. The lowest BCUT2D eigenvalue weighted by Gasteiger charge is -2.33. The molecule has 2 amide bonds. The Hall–Kier alpha value is -1.34. The van der Waals surface area contributed by atoms with E-state index >= 15 is 0 Å². The molecular formula is C11H21N3O4. The fourth-order valence-electron chi connectivity index (χ4n) is 1.80. The molecule has 18 heavy (non-hydrogen) atoms. The second-order valence-electron chi connectivity index (χ2n) is 4.30. The summed E-state index contributed by atoms with van der Waals surface area (Å²) in [6, 6.07) is -0.138. The first-order valence-corrected chi connectivity index (χ1v) is 6.05. The molecule has 0 aromatic heterocycles. The lowest BCUT2D eigenvalue weighted by atomic mass is 10.3. The molecule has 7 nitrogen and oxygen atoms in total. The number of urea groups is 1. The minimum atomic E-state index is -1.02. The number of carbonyl (C=O) groups excluding carboxylic acids is 1. The second kappa shape index (κ2) is 7.17. The highest BCUT2D eigenvalue weighted by atomic mass is 16.5. The largest absolute Gasteiger partial charge is 0.479 e. The lowest BCUT2D eigenvalue weighted by molar-refractivity contribution is -0.154. The smallest absolute Gasteiger partial charge is 0.334 e. The molecule has 0 saturated carbocycles. The number of amides is 2. The molecule has 1 heterocycles. The van der Waals surface area contributed by atoms with Crippen LogP contribution in [0.1, 0.15) is 6.42 Å². The third kappa shape index (κ3) is 4.15. The second-order valence-corrected chi connectivity index (χ2v) is 4.30. The van der Waals surface area contributed by atoms with Gasteiger partial charge in [-0.1, -0.05) is 0 Å². The lowest BCUT2D eigenvalue weighted by Crippen LogP contribution is -2.52. The molecule has 0 spiro atoms. The van der Waals surface area contributed by atoms with E-state index in [9.17, 15) is 9.59 Å². The Morgan fingerprint density at radius 1 is 1.56 bits per heavy atom. The third-order valence-electron chi connectivity index (χ3n) is 2.86. The van der Waals surface area contributed by atoms with Crippen LogP contribution in [0, 0.1) is 0 Å². The van der Waals surface area contributed by atoms with Crippen molar-refractivity contribution in [3.63, 3.8) is 0 Å². The van der Waals surface area contributed by atoms with Crippen molar-refractivity contribution in [3.8, 4) is 0 Å². The summed E-state index contributed by atoms with van der Waals surface area (Å²) in [5.41, 5.74) is 0. The summed E-state index contributed by atoms with van der Waals surface area (Å²) in [4.78, 5) is 26.0. The first-order chi connectivity index (χ1) is 8.56. The van der Waals surface area contributed by atoms with Gasteiger partial charge in [0.25, 0.3) is 0 Å². The molecule has 1 atom stereocenters. The van der Waals surface area contributed by atoms with E-state index in [0.29, 0.717) is 13.1 Å². The van der Waals surface area contributed by atoms with Crippen molar-refractivity contribution in [2.45, 2.75) is 12.5 Å². The van der Waals surface area contributed by atoms with Crippen LogP contribution in [-0.2, 0) is 9.53 Å². The van der Waals surface area contributed by atoms with Crippen LogP contribution in [-0.4, -0.2) is 79.9 Å². The molecule has 0 aliphatic carbocycles. The molecule has 1 aliphatic rings. The number of carboxylic acid groups (broad SMARTS) is 1. The molecule has 0 bridgehead atoms. The topological polar surface area (TPSA) is 82.1 Å². The minimum Gasteiger partial charge on any atom is -0.479 e. The summed E-state index contributed by atoms with van der Waals surface area (Å²) in [7, 11) is 3.59. The Morgan fingerprint density at radius 3 is 2.89 bits per heavy atom. The molecule has 0 aromatic carbocycles. The molecule has 1 aliphatic heterocycles. The molecule has 2 N–H and O–H groups in total. The zero-order chi connectivity index (χ0) is 13.5. The van der Waals surface area contributed by atoms with Crippen LogP contribution in [0.15, 0.2) is 0 Å². The van der Waals surface area contributed by atoms with Crippen LogP contribution in [0.5, 0.6) is 0 Å². The summed E-state index contributed by atoms with van der Waals surface area (Å²) in [5, 5.41) is 11.9. The molecule has 1 unspecified atom stereocenters. The van der Waals surface area contributed by atoms with Gasteiger partial charge in [-0.3, -0.25) is 0 Å². The highest BCUT2D eigenvalue weighted by Gasteiger charge is 2.30. The van der Waals surface area contributed by atoms with E-state index in [2.05, 4.69) is 5.32 Å². The van der Waals surface area contributed by atoms with Crippen LogP contribution >= 0.6 is 0 Å². The van der Waals surface area contributed by atoms with E-state index in [1.807, 2.05) is 7.05 Å². The van der Waals surface area contributed by atoms with E-state index in [4.69, 9.17) is 9.84 Å². The zero-order valence-electron chi connectivity index (χ0n) is 10.9. The third-order valence-corrected chi connectivity index (χ3v) is 2.86. The van der Waals surface area contributed by atoms with Gasteiger partial charge < -0.3 is 25.0 Å². The molecule has 0 aromatic rings.